The number of benzene rings is 2. The molecule has 1 amide bonds. The summed E-state index contributed by atoms with van der Waals surface area (Å²) in [6, 6.07) is 11.6. The van der Waals surface area contributed by atoms with Crippen LogP contribution in [0.5, 0.6) is 11.5 Å². The maximum atomic E-state index is 12.1. The monoisotopic (exact) mass is 375 g/mol. The van der Waals surface area contributed by atoms with Gasteiger partial charge in [0.15, 0.2) is 27.9 Å². The lowest BCUT2D eigenvalue weighted by Gasteiger charge is -2.18. The molecule has 0 bridgehead atoms. The molecule has 0 aliphatic carbocycles. The van der Waals surface area contributed by atoms with Gasteiger partial charge < -0.3 is 14.8 Å². The van der Waals surface area contributed by atoms with E-state index in [4.69, 9.17) is 9.47 Å². The largest absolute Gasteiger partial charge is 0.483 e. The van der Waals surface area contributed by atoms with Gasteiger partial charge >= 0.3 is 0 Å². The number of carbonyl (C=O) groups excluding carboxylic acids is 1. The third kappa shape index (κ3) is 4.16. The number of ether oxygens (including phenoxy) is 2. The van der Waals surface area contributed by atoms with E-state index in [1.807, 2.05) is 26.0 Å². The molecule has 6 nitrogen and oxygen atoms in total. The lowest BCUT2D eigenvalue weighted by molar-refractivity contribution is -0.118. The average molecular weight is 375 g/mol. The van der Waals surface area contributed by atoms with Gasteiger partial charge in [0.05, 0.1) is 4.90 Å². The van der Waals surface area contributed by atoms with Crippen LogP contribution in [0.1, 0.15) is 19.4 Å². The highest BCUT2D eigenvalue weighted by atomic mass is 32.2. The number of para-hydroxylation sites is 1. The molecule has 0 spiro atoms. The second-order valence-electron chi connectivity index (χ2n) is 6.92. The average Bonchev–Trinajstić information content (AvgIpc) is 2.87. The van der Waals surface area contributed by atoms with Crippen LogP contribution in [0.15, 0.2) is 47.4 Å². The van der Waals surface area contributed by atoms with Crippen LogP contribution in [-0.2, 0) is 21.1 Å². The predicted octanol–water partition coefficient (Wildman–Crippen LogP) is 2.82. The normalized spacial score (nSPS) is 15.0. The van der Waals surface area contributed by atoms with Gasteiger partial charge in [0.1, 0.15) is 5.60 Å². The van der Waals surface area contributed by atoms with Gasteiger partial charge in [-0.2, -0.15) is 0 Å². The minimum atomic E-state index is -3.26. The standard InChI is InChI=1S/C19H21NO5S/c1-19(2)11-13-5-4-6-16(18(13)25-19)24-12-17(21)20-14-7-9-15(10-8-14)26(3,22)23/h4-10H,11-12H2,1-3H3,(H,20,21). The Labute approximate surface area is 153 Å². The van der Waals surface area contributed by atoms with Crippen LogP contribution in [-0.4, -0.2) is 32.8 Å². The summed E-state index contributed by atoms with van der Waals surface area (Å²) >= 11 is 0. The topological polar surface area (TPSA) is 81.7 Å². The molecule has 3 rings (SSSR count). The van der Waals surface area contributed by atoms with Gasteiger partial charge in [-0.1, -0.05) is 12.1 Å². The van der Waals surface area contributed by atoms with E-state index < -0.39 is 9.84 Å². The van der Waals surface area contributed by atoms with Crippen molar-refractivity contribution in [3.05, 3.63) is 48.0 Å². The summed E-state index contributed by atoms with van der Waals surface area (Å²) in [5.74, 6) is 0.880. The number of amides is 1. The summed E-state index contributed by atoms with van der Waals surface area (Å²) in [4.78, 5) is 12.3. The zero-order chi connectivity index (χ0) is 18.9. The molecule has 1 aliphatic heterocycles. The molecule has 1 heterocycles. The van der Waals surface area contributed by atoms with E-state index >= 15 is 0 Å². The third-order valence-corrected chi connectivity index (χ3v) is 5.11. The fraction of sp³-hybridized carbons (Fsp3) is 0.316. The Balaban J connectivity index is 1.62. The zero-order valence-corrected chi connectivity index (χ0v) is 15.7. The number of nitrogens with one attached hydrogen (secondary N) is 1. The fourth-order valence-corrected chi connectivity index (χ4v) is 3.46. The van der Waals surface area contributed by atoms with Gasteiger partial charge in [-0.25, -0.2) is 8.42 Å². The summed E-state index contributed by atoms with van der Waals surface area (Å²) in [5, 5.41) is 2.68. The summed E-state index contributed by atoms with van der Waals surface area (Å²) in [6.45, 7) is 3.83. The van der Waals surface area contributed by atoms with E-state index in [1.165, 1.54) is 12.1 Å². The lowest BCUT2D eigenvalue weighted by Crippen LogP contribution is -2.25. The van der Waals surface area contributed by atoms with Crippen molar-refractivity contribution in [2.45, 2.75) is 30.8 Å². The third-order valence-electron chi connectivity index (χ3n) is 3.98. The number of sulfone groups is 1. The van der Waals surface area contributed by atoms with Crippen LogP contribution < -0.4 is 14.8 Å². The fourth-order valence-electron chi connectivity index (χ4n) is 2.83. The summed E-state index contributed by atoms with van der Waals surface area (Å²) in [6.07, 6.45) is 1.93. The molecule has 1 aliphatic rings. The van der Waals surface area contributed by atoms with Crippen molar-refractivity contribution < 1.29 is 22.7 Å². The Morgan fingerprint density at radius 3 is 2.54 bits per heavy atom. The van der Waals surface area contributed by atoms with E-state index in [0.29, 0.717) is 17.2 Å². The first-order valence-corrected chi connectivity index (χ1v) is 10.1. The second kappa shape index (κ2) is 6.64. The lowest BCUT2D eigenvalue weighted by atomic mass is 10.0. The van der Waals surface area contributed by atoms with E-state index in [2.05, 4.69) is 5.32 Å². The van der Waals surface area contributed by atoms with Crippen LogP contribution in [0.4, 0.5) is 5.69 Å². The Kier molecular flexibility index (Phi) is 4.66. The molecule has 0 atom stereocenters. The molecule has 7 heteroatoms. The number of rotatable bonds is 5. The van der Waals surface area contributed by atoms with E-state index in [0.717, 1.165) is 18.2 Å². The summed E-state index contributed by atoms with van der Waals surface area (Å²) in [5.41, 5.74) is 1.27. The highest BCUT2D eigenvalue weighted by Crippen LogP contribution is 2.41. The van der Waals surface area contributed by atoms with Crippen molar-refractivity contribution in [1.29, 1.82) is 0 Å². The van der Waals surface area contributed by atoms with Crippen molar-refractivity contribution in [3.8, 4) is 11.5 Å². The number of carbonyl (C=O) groups is 1. The van der Waals surface area contributed by atoms with Crippen molar-refractivity contribution in [2.75, 3.05) is 18.2 Å². The molecule has 2 aromatic carbocycles. The maximum Gasteiger partial charge on any atom is 0.262 e. The molecule has 138 valence electrons. The Morgan fingerprint density at radius 1 is 1.19 bits per heavy atom. The van der Waals surface area contributed by atoms with Crippen molar-refractivity contribution in [2.24, 2.45) is 0 Å². The molecule has 2 aromatic rings. The SMILES string of the molecule is CC1(C)Cc2cccc(OCC(=O)Nc3ccc(S(C)(=O)=O)cc3)c2O1. The van der Waals surface area contributed by atoms with Crippen LogP contribution in [0.25, 0.3) is 0 Å². The van der Waals surface area contributed by atoms with Crippen LogP contribution in [0, 0.1) is 0 Å². The van der Waals surface area contributed by atoms with Crippen LogP contribution >= 0.6 is 0 Å². The van der Waals surface area contributed by atoms with Gasteiger partial charge in [0.2, 0.25) is 0 Å². The molecule has 0 radical (unpaired) electrons. The minimum Gasteiger partial charge on any atom is -0.483 e. The first-order valence-electron chi connectivity index (χ1n) is 8.18. The molecule has 0 fully saturated rings. The van der Waals surface area contributed by atoms with Gasteiger partial charge in [0, 0.05) is 23.9 Å². The summed E-state index contributed by atoms with van der Waals surface area (Å²) in [7, 11) is -3.26. The zero-order valence-electron chi connectivity index (χ0n) is 14.9. The Morgan fingerprint density at radius 2 is 1.88 bits per heavy atom. The van der Waals surface area contributed by atoms with Gasteiger partial charge in [0.25, 0.3) is 5.91 Å². The predicted molar refractivity (Wildman–Crippen MR) is 98.5 cm³/mol. The number of hydrogen-bond donors (Lipinski definition) is 1. The van der Waals surface area contributed by atoms with Crippen molar-refractivity contribution in [1.82, 2.24) is 0 Å². The summed E-state index contributed by atoms with van der Waals surface area (Å²) < 4.78 is 34.4. The maximum absolute atomic E-state index is 12.1. The molecule has 0 saturated carbocycles. The van der Waals surface area contributed by atoms with E-state index in [9.17, 15) is 13.2 Å². The van der Waals surface area contributed by atoms with Crippen molar-refractivity contribution in [3.63, 3.8) is 0 Å². The highest BCUT2D eigenvalue weighted by molar-refractivity contribution is 7.90. The number of anilines is 1. The number of hydrogen-bond acceptors (Lipinski definition) is 5. The minimum absolute atomic E-state index is 0.173. The number of fused-ring (bicyclic) bond motifs is 1. The Hall–Kier alpha value is -2.54. The molecule has 26 heavy (non-hydrogen) atoms. The van der Waals surface area contributed by atoms with Crippen molar-refractivity contribution >= 4 is 21.4 Å². The molecule has 0 aromatic heterocycles. The van der Waals surface area contributed by atoms with Gasteiger partial charge in [-0.05, 0) is 44.2 Å². The first-order chi connectivity index (χ1) is 12.1. The first kappa shape index (κ1) is 18.3. The second-order valence-corrected chi connectivity index (χ2v) is 8.93. The Bertz CT molecular complexity index is 933. The molecular formula is C19H21NO5S. The quantitative estimate of drug-likeness (QED) is 0.869. The van der Waals surface area contributed by atoms with Crippen LogP contribution in [0.3, 0.4) is 0 Å². The highest BCUT2D eigenvalue weighted by Gasteiger charge is 2.32. The molecular weight excluding hydrogens is 354 g/mol. The molecule has 0 unspecified atom stereocenters. The van der Waals surface area contributed by atoms with Gasteiger partial charge in [-0.15, -0.1) is 0 Å². The molecule has 1 N–H and O–H groups in total. The van der Waals surface area contributed by atoms with Gasteiger partial charge in [-0.3, -0.25) is 4.79 Å². The van der Waals surface area contributed by atoms with E-state index in [-0.39, 0.29) is 23.0 Å². The van der Waals surface area contributed by atoms with Crippen LogP contribution in [0.2, 0.25) is 0 Å². The molecule has 0 saturated heterocycles. The smallest absolute Gasteiger partial charge is 0.262 e. The van der Waals surface area contributed by atoms with E-state index in [1.54, 1.807) is 18.2 Å².